The van der Waals surface area contributed by atoms with Gasteiger partial charge in [0.15, 0.2) is 0 Å². The van der Waals surface area contributed by atoms with Gasteiger partial charge in [0.2, 0.25) is 0 Å². The first-order chi connectivity index (χ1) is 11.5. The van der Waals surface area contributed by atoms with E-state index < -0.39 is 5.56 Å². The maximum atomic E-state index is 12.5. The zero-order valence-electron chi connectivity index (χ0n) is 12.4. The van der Waals surface area contributed by atoms with E-state index in [1.807, 2.05) is 0 Å². The highest BCUT2D eigenvalue weighted by atomic mass is 35.5. The summed E-state index contributed by atoms with van der Waals surface area (Å²) in [5.41, 5.74) is 0.450. The van der Waals surface area contributed by atoms with Gasteiger partial charge in [-0.2, -0.15) is 5.10 Å². The van der Waals surface area contributed by atoms with Gasteiger partial charge < -0.3 is 4.98 Å². The molecule has 24 heavy (non-hydrogen) atoms. The smallest absolute Gasteiger partial charge is 0.287 e. The van der Waals surface area contributed by atoms with Crippen LogP contribution in [0.5, 0.6) is 0 Å². The van der Waals surface area contributed by atoms with E-state index in [2.05, 4.69) is 15.1 Å². The highest BCUT2D eigenvalue weighted by Crippen LogP contribution is 2.33. The molecule has 3 aromatic heterocycles. The van der Waals surface area contributed by atoms with Crippen molar-refractivity contribution in [2.45, 2.75) is 32.2 Å². The summed E-state index contributed by atoms with van der Waals surface area (Å²) >= 11 is 13.2. The molecule has 0 unspecified atom stereocenters. The molecule has 6 nitrogen and oxygen atoms in total. The number of halogens is 2. The summed E-state index contributed by atoms with van der Waals surface area (Å²) in [7, 11) is 0. The van der Waals surface area contributed by atoms with Crippen molar-refractivity contribution in [3.63, 3.8) is 0 Å². The van der Waals surface area contributed by atoms with Crippen LogP contribution in [0, 0.1) is 0 Å². The van der Waals surface area contributed by atoms with Crippen LogP contribution < -0.4 is 11.1 Å². The van der Waals surface area contributed by atoms with Gasteiger partial charge in [0.1, 0.15) is 22.2 Å². The van der Waals surface area contributed by atoms with Crippen LogP contribution in [-0.4, -0.2) is 19.7 Å². The number of H-pyrrole nitrogens is 1. The average Bonchev–Trinajstić information content (AvgIpc) is 2.94. The summed E-state index contributed by atoms with van der Waals surface area (Å²) < 4.78 is 1.13. The predicted molar refractivity (Wildman–Crippen MR) is 94.5 cm³/mol. The zero-order valence-corrected chi connectivity index (χ0v) is 14.8. The third-order valence-corrected chi connectivity index (χ3v) is 6.05. The van der Waals surface area contributed by atoms with Crippen LogP contribution in [0.4, 0.5) is 0 Å². The minimum absolute atomic E-state index is 0.0312. The van der Waals surface area contributed by atoms with E-state index >= 15 is 0 Å². The molecular formula is C15H12Cl2N4O2S. The van der Waals surface area contributed by atoms with Crippen LogP contribution in [0.3, 0.4) is 0 Å². The molecule has 0 aromatic carbocycles. The lowest BCUT2D eigenvalue weighted by atomic mass is 9.97. The molecule has 9 heteroatoms. The number of nitrogens with one attached hydrogen (secondary N) is 1. The van der Waals surface area contributed by atoms with Gasteiger partial charge in [-0.3, -0.25) is 9.59 Å². The highest BCUT2D eigenvalue weighted by molar-refractivity contribution is 7.18. The zero-order chi connectivity index (χ0) is 16.8. The topological polar surface area (TPSA) is 80.6 Å². The molecule has 124 valence electrons. The molecule has 0 aliphatic heterocycles. The number of hydrogen-bond acceptors (Lipinski definition) is 5. The Hall–Kier alpha value is -1.70. The highest BCUT2D eigenvalue weighted by Gasteiger charge is 2.20. The first kappa shape index (κ1) is 15.8. The monoisotopic (exact) mass is 382 g/mol. The summed E-state index contributed by atoms with van der Waals surface area (Å²) in [6, 6.07) is 0. The second-order valence-corrected chi connectivity index (χ2v) is 7.54. The van der Waals surface area contributed by atoms with E-state index in [1.165, 1.54) is 11.1 Å². The molecule has 3 aromatic rings. The van der Waals surface area contributed by atoms with E-state index in [9.17, 15) is 9.59 Å². The number of aryl methyl sites for hydroxylation is 2. The minimum Gasteiger partial charge on any atom is -0.308 e. The summed E-state index contributed by atoms with van der Waals surface area (Å²) in [6.07, 6.45) is 5.47. The maximum absolute atomic E-state index is 12.5. The molecule has 0 saturated carbocycles. The molecule has 1 aliphatic rings. The molecule has 0 fully saturated rings. The molecule has 1 N–H and O–H groups in total. The normalized spacial score (nSPS) is 14.1. The number of thiophene rings is 1. The Bertz CT molecular complexity index is 1070. The van der Waals surface area contributed by atoms with Gasteiger partial charge in [-0.05, 0) is 31.2 Å². The Morgan fingerprint density at radius 3 is 2.88 bits per heavy atom. The van der Waals surface area contributed by atoms with Gasteiger partial charge in [0, 0.05) is 4.88 Å². The summed E-state index contributed by atoms with van der Waals surface area (Å²) in [5.74, 6) is 0.374. The quantitative estimate of drug-likeness (QED) is 0.738. The van der Waals surface area contributed by atoms with Crippen molar-refractivity contribution in [3.8, 4) is 0 Å². The van der Waals surface area contributed by atoms with Crippen LogP contribution in [-0.2, 0) is 19.4 Å². The third kappa shape index (κ3) is 2.56. The lowest BCUT2D eigenvalue weighted by Gasteiger charge is -2.09. The Balaban J connectivity index is 1.80. The molecule has 0 atom stereocenters. The Morgan fingerprint density at radius 2 is 2.04 bits per heavy atom. The number of nitrogens with zero attached hydrogens (tertiary/aromatic N) is 3. The van der Waals surface area contributed by atoms with Gasteiger partial charge in [-0.25, -0.2) is 9.67 Å². The number of fused-ring (bicyclic) bond motifs is 3. The van der Waals surface area contributed by atoms with Gasteiger partial charge in [0.25, 0.3) is 11.1 Å². The number of aromatic nitrogens is 4. The standard InChI is InChI=1S/C15H12Cl2N4O2S/c16-8-5-18-21(15(23)12(8)17)6-10-19-13(22)11-7-3-1-2-4-9(7)24-14(11)20-10/h5H,1-4,6H2,(H,19,20,22). The second-order valence-electron chi connectivity index (χ2n) is 5.67. The van der Waals surface area contributed by atoms with Crippen molar-refractivity contribution in [1.82, 2.24) is 19.7 Å². The van der Waals surface area contributed by atoms with Crippen molar-refractivity contribution in [2.24, 2.45) is 0 Å². The molecule has 4 rings (SSSR count). The first-order valence-corrected chi connectivity index (χ1v) is 9.06. The van der Waals surface area contributed by atoms with Crippen LogP contribution >= 0.6 is 34.5 Å². The average molecular weight is 383 g/mol. The van der Waals surface area contributed by atoms with Crippen molar-refractivity contribution >= 4 is 44.8 Å². The van der Waals surface area contributed by atoms with Crippen molar-refractivity contribution in [2.75, 3.05) is 0 Å². The van der Waals surface area contributed by atoms with Crippen molar-refractivity contribution < 1.29 is 0 Å². The molecule has 0 amide bonds. The van der Waals surface area contributed by atoms with Crippen LogP contribution in [0.15, 0.2) is 15.8 Å². The number of hydrogen-bond donors (Lipinski definition) is 1. The fraction of sp³-hybridized carbons (Fsp3) is 0.333. The Kier molecular flexibility index (Phi) is 3.94. The van der Waals surface area contributed by atoms with Crippen LogP contribution in [0.1, 0.15) is 29.1 Å². The molecule has 0 spiro atoms. The predicted octanol–water partition coefficient (Wildman–Crippen LogP) is 2.78. The molecule has 3 heterocycles. The molecular weight excluding hydrogens is 371 g/mol. The van der Waals surface area contributed by atoms with E-state index in [0.29, 0.717) is 16.0 Å². The SMILES string of the molecule is O=c1[nH]c(Cn2ncc(Cl)c(Cl)c2=O)nc2sc3c(c12)CCCC3. The fourth-order valence-electron chi connectivity index (χ4n) is 2.98. The van der Waals surface area contributed by atoms with Gasteiger partial charge >= 0.3 is 0 Å². The second kappa shape index (κ2) is 5.98. The van der Waals surface area contributed by atoms with E-state index in [1.54, 1.807) is 11.3 Å². The first-order valence-electron chi connectivity index (χ1n) is 7.49. The van der Waals surface area contributed by atoms with Gasteiger partial charge in [0.05, 0.1) is 16.6 Å². The van der Waals surface area contributed by atoms with Crippen molar-refractivity contribution in [1.29, 1.82) is 0 Å². The number of aromatic amines is 1. The summed E-state index contributed by atoms with van der Waals surface area (Å²) in [5, 5.41) is 4.63. The Morgan fingerprint density at radius 1 is 1.25 bits per heavy atom. The van der Waals surface area contributed by atoms with E-state index in [-0.39, 0.29) is 22.1 Å². The summed E-state index contributed by atoms with van der Waals surface area (Å²) in [4.78, 5) is 33.8. The third-order valence-electron chi connectivity index (χ3n) is 4.12. The van der Waals surface area contributed by atoms with Crippen LogP contribution in [0.2, 0.25) is 10.0 Å². The largest absolute Gasteiger partial charge is 0.308 e. The van der Waals surface area contributed by atoms with Crippen molar-refractivity contribution in [3.05, 3.63) is 53.2 Å². The van der Waals surface area contributed by atoms with E-state index in [0.717, 1.165) is 35.9 Å². The summed E-state index contributed by atoms with van der Waals surface area (Å²) in [6.45, 7) is 0.0312. The maximum Gasteiger partial charge on any atom is 0.287 e. The van der Waals surface area contributed by atoms with Crippen LogP contribution in [0.25, 0.3) is 10.2 Å². The Labute approximate surface area is 150 Å². The molecule has 0 saturated heterocycles. The lowest BCUT2D eigenvalue weighted by Crippen LogP contribution is -2.26. The fourth-order valence-corrected chi connectivity index (χ4v) is 4.53. The van der Waals surface area contributed by atoms with Gasteiger partial charge in [-0.15, -0.1) is 11.3 Å². The molecule has 0 radical (unpaired) electrons. The van der Waals surface area contributed by atoms with E-state index in [4.69, 9.17) is 23.2 Å². The lowest BCUT2D eigenvalue weighted by molar-refractivity contribution is 0.615. The van der Waals surface area contributed by atoms with Gasteiger partial charge in [-0.1, -0.05) is 23.2 Å². The minimum atomic E-state index is -0.516. The number of rotatable bonds is 2. The molecule has 1 aliphatic carbocycles. The molecule has 0 bridgehead atoms.